The van der Waals surface area contributed by atoms with E-state index < -0.39 is 0 Å². The zero-order valence-corrected chi connectivity index (χ0v) is 7.93. The molecule has 0 amide bonds. The lowest BCUT2D eigenvalue weighted by Gasteiger charge is -2.06. The van der Waals surface area contributed by atoms with Crippen LogP contribution >= 0.6 is 0 Å². The zero-order chi connectivity index (χ0) is 9.97. The maximum absolute atomic E-state index is 11.5. The van der Waals surface area contributed by atoms with E-state index in [1.54, 1.807) is 12.1 Å². The molecule has 72 valence electrons. The summed E-state index contributed by atoms with van der Waals surface area (Å²) in [7, 11) is 0. The van der Waals surface area contributed by atoms with Gasteiger partial charge in [0.2, 0.25) is 0 Å². The van der Waals surface area contributed by atoms with Gasteiger partial charge in [-0.05, 0) is 25.1 Å². The molecule has 0 saturated heterocycles. The van der Waals surface area contributed by atoms with Gasteiger partial charge in [0.15, 0.2) is 11.9 Å². The molecule has 3 heteroatoms. The van der Waals surface area contributed by atoms with E-state index in [0.717, 1.165) is 10.1 Å². The second-order valence-electron chi connectivity index (χ2n) is 2.96. The molecular weight excluding hydrogens is 178 g/mol. The number of hydrogen-bond donors (Lipinski definition) is 0. The van der Waals surface area contributed by atoms with Crippen LogP contribution < -0.4 is 9.47 Å². The third-order valence-electron chi connectivity index (χ3n) is 2.05. The van der Waals surface area contributed by atoms with Crippen molar-refractivity contribution in [2.75, 3.05) is 6.61 Å². The fourth-order valence-corrected chi connectivity index (χ4v) is 1.48. The minimum Gasteiger partial charge on any atom is -0.618 e. The number of benzene rings is 1. The Balaban J connectivity index is 2.71. The van der Waals surface area contributed by atoms with Gasteiger partial charge in [-0.1, -0.05) is 6.07 Å². The number of ether oxygens (including phenoxy) is 1. The first-order valence-corrected chi connectivity index (χ1v) is 4.56. The van der Waals surface area contributed by atoms with Gasteiger partial charge in [-0.15, -0.1) is 0 Å². The fraction of sp³-hybridized carbons (Fsp3) is 0.182. The maximum atomic E-state index is 11.5. The second kappa shape index (κ2) is 3.54. The molecular formula is C11H11NO2. The molecule has 0 aliphatic carbocycles. The van der Waals surface area contributed by atoms with Crippen LogP contribution in [0.4, 0.5) is 0 Å². The summed E-state index contributed by atoms with van der Waals surface area (Å²) in [5, 5.41) is 12.4. The molecule has 1 aromatic carbocycles. The normalized spacial score (nSPS) is 10.4. The van der Waals surface area contributed by atoms with Crippen LogP contribution in [0.5, 0.6) is 5.75 Å². The predicted octanol–water partition coefficient (Wildman–Crippen LogP) is 1.87. The Morgan fingerprint density at radius 1 is 1.29 bits per heavy atom. The fourth-order valence-electron chi connectivity index (χ4n) is 1.48. The Morgan fingerprint density at radius 3 is 2.86 bits per heavy atom. The van der Waals surface area contributed by atoms with Crippen LogP contribution in [0, 0.1) is 5.21 Å². The molecule has 14 heavy (non-hydrogen) atoms. The molecule has 1 aromatic heterocycles. The molecule has 0 saturated carbocycles. The highest BCUT2D eigenvalue weighted by atomic mass is 16.5. The van der Waals surface area contributed by atoms with Gasteiger partial charge in [-0.25, -0.2) is 0 Å². The van der Waals surface area contributed by atoms with Crippen LogP contribution in [0.1, 0.15) is 6.92 Å². The molecule has 0 aliphatic heterocycles. The molecule has 0 radical (unpaired) electrons. The van der Waals surface area contributed by atoms with Crippen molar-refractivity contribution in [3.8, 4) is 5.75 Å². The molecule has 0 N–H and O–H groups in total. The molecule has 2 aromatic rings. The largest absolute Gasteiger partial charge is 0.618 e. The molecule has 0 aliphatic rings. The van der Waals surface area contributed by atoms with Crippen molar-refractivity contribution < 1.29 is 9.47 Å². The number of para-hydroxylation sites is 1. The molecule has 0 fully saturated rings. The van der Waals surface area contributed by atoms with Gasteiger partial charge in [0, 0.05) is 6.07 Å². The van der Waals surface area contributed by atoms with Crippen molar-refractivity contribution in [3.63, 3.8) is 0 Å². The SMILES string of the molecule is CCOc1cccc2ccc[n+]([O-])c12. The van der Waals surface area contributed by atoms with Gasteiger partial charge in [-0.2, -0.15) is 4.73 Å². The minimum atomic E-state index is 0.563. The van der Waals surface area contributed by atoms with Gasteiger partial charge in [-0.3, -0.25) is 0 Å². The average Bonchev–Trinajstić information content (AvgIpc) is 2.19. The quantitative estimate of drug-likeness (QED) is 0.534. The summed E-state index contributed by atoms with van der Waals surface area (Å²) in [6.07, 6.45) is 1.48. The van der Waals surface area contributed by atoms with E-state index in [-0.39, 0.29) is 0 Å². The summed E-state index contributed by atoms with van der Waals surface area (Å²) >= 11 is 0. The molecule has 2 rings (SSSR count). The summed E-state index contributed by atoms with van der Waals surface area (Å²) in [6, 6.07) is 9.21. The smallest absolute Gasteiger partial charge is 0.266 e. The molecule has 0 unspecified atom stereocenters. The van der Waals surface area contributed by atoms with Crippen LogP contribution in [0.25, 0.3) is 10.9 Å². The van der Waals surface area contributed by atoms with Gasteiger partial charge < -0.3 is 9.94 Å². The van der Waals surface area contributed by atoms with Gasteiger partial charge in [0.05, 0.1) is 12.0 Å². The number of hydrogen-bond acceptors (Lipinski definition) is 2. The maximum Gasteiger partial charge on any atom is 0.266 e. The lowest BCUT2D eigenvalue weighted by Crippen LogP contribution is -2.26. The second-order valence-corrected chi connectivity index (χ2v) is 2.96. The summed E-state index contributed by atoms with van der Waals surface area (Å²) < 4.78 is 6.21. The van der Waals surface area contributed by atoms with Crippen molar-refractivity contribution in [2.24, 2.45) is 0 Å². The van der Waals surface area contributed by atoms with E-state index in [4.69, 9.17) is 4.74 Å². The van der Waals surface area contributed by atoms with Gasteiger partial charge >= 0.3 is 0 Å². The summed E-state index contributed by atoms with van der Waals surface area (Å²) in [5.41, 5.74) is 0.594. The van der Waals surface area contributed by atoms with Crippen molar-refractivity contribution >= 4 is 10.9 Å². The van der Waals surface area contributed by atoms with E-state index in [0.29, 0.717) is 17.9 Å². The number of nitrogens with zero attached hydrogens (tertiary/aromatic N) is 1. The molecule has 0 bridgehead atoms. The number of aromatic nitrogens is 1. The standard InChI is InChI=1S/C11H11NO2/c1-2-14-10-7-3-5-9-6-4-8-12(13)11(9)10/h3-8H,2H2,1H3. The van der Waals surface area contributed by atoms with Crippen LogP contribution in [-0.2, 0) is 0 Å². The average molecular weight is 189 g/mol. The monoisotopic (exact) mass is 189 g/mol. The summed E-state index contributed by atoms with van der Waals surface area (Å²) in [6.45, 7) is 2.46. The van der Waals surface area contributed by atoms with Crippen LogP contribution in [0.2, 0.25) is 0 Å². The molecule has 0 atom stereocenters. The predicted molar refractivity (Wildman–Crippen MR) is 54.1 cm³/mol. The number of fused-ring (bicyclic) bond motifs is 1. The Kier molecular flexibility index (Phi) is 2.23. The van der Waals surface area contributed by atoms with Crippen molar-refractivity contribution in [1.29, 1.82) is 0 Å². The first-order valence-electron chi connectivity index (χ1n) is 4.56. The Bertz CT molecular complexity index is 449. The third kappa shape index (κ3) is 1.37. The van der Waals surface area contributed by atoms with Crippen LogP contribution in [0.15, 0.2) is 36.5 Å². The first kappa shape index (κ1) is 8.81. The highest BCUT2D eigenvalue weighted by molar-refractivity contribution is 5.81. The highest BCUT2D eigenvalue weighted by Crippen LogP contribution is 2.21. The summed E-state index contributed by atoms with van der Waals surface area (Å²) in [5.74, 6) is 0.639. The minimum absolute atomic E-state index is 0.563. The van der Waals surface area contributed by atoms with E-state index in [9.17, 15) is 5.21 Å². The van der Waals surface area contributed by atoms with Crippen molar-refractivity contribution in [1.82, 2.24) is 0 Å². The van der Waals surface area contributed by atoms with Gasteiger partial charge in [0.1, 0.15) is 0 Å². The Morgan fingerprint density at radius 2 is 2.07 bits per heavy atom. The van der Waals surface area contributed by atoms with E-state index >= 15 is 0 Å². The molecule has 3 nitrogen and oxygen atoms in total. The Hall–Kier alpha value is -1.77. The molecule has 1 heterocycles. The zero-order valence-electron chi connectivity index (χ0n) is 7.93. The van der Waals surface area contributed by atoms with E-state index in [2.05, 4.69) is 0 Å². The number of rotatable bonds is 2. The topological polar surface area (TPSA) is 36.2 Å². The third-order valence-corrected chi connectivity index (χ3v) is 2.05. The van der Waals surface area contributed by atoms with E-state index in [1.165, 1.54) is 6.20 Å². The lowest BCUT2D eigenvalue weighted by molar-refractivity contribution is -0.577. The summed E-state index contributed by atoms with van der Waals surface area (Å²) in [4.78, 5) is 0. The van der Waals surface area contributed by atoms with Crippen LogP contribution in [-0.4, -0.2) is 6.61 Å². The highest BCUT2D eigenvalue weighted by Gasteiger charge is 2.09. The van der Waals surface area contributed by atoms with Crippen LogP contribution in [0.3, 0.4) is 0 Å². The first-order chi connectivity index (χ1) is 6.83. The van der Waals surface area contributed by atoms with E-state index in [1.807, 2.05) is 25.1 Å². The Labute approximate surface area is 82.1 Å². The van der Waals surface area contributed by atoms with Gasteiger partial charge in [0.25, 0.3) is 5.52 Å². The number of pyridine rings is 1. The van der Waals surface area contributed by atoms with Crippen molar-refractivity contribution in [2.45, 2.75) is 6.92 Å². The lowest BCUT2D eigenvalue weighted by atomic mass is 10.2. The molecule has 0 spiro atoms. The van der Waals surface area contributed by atoms with Crippen molar-refractivity contribution in [3.05, 3.63) is 41.7 Å².